The fraction of sp³-hybridized carbons (Fsp3) is 0.800. The molecule has 0 unspecified atom stereocenters. The molecule has 0 aliphatic carbocycles. The number of halogens is 3. The lowest BCUT2D eigenvalue weighted by Crippen LogP contribution is -2.08. The minimum absolute atomic E-state index is 0.135. The molecule has 0 aliphatic heterocycles. The first kappa shape index (κ1) is 9.26. The molecular formula is C5H7F3O2. The number of rotatable bonds is 4. The van der Waals surface area contributed by atoms with Crippen molar-refractivity contribution in [2.45, 2.75) is 19.0 Å². The van der Waals surface area contributed by atoms with E-state index in [1.165, 1.54) is 0 Å². The Morgan fingerprint density at radius 1 is 1.40 bits per heavy atom. The average molecular weight is 156 g/mol. The summed E-state index contributed by atoms with van der Waals surface area (Å²) in [5.74, 6) is 0. The van der Waals surface area contributed by atoms with Crippen molar-refractivity contribution in [1.82, 2.24) is 0 Å². The van der Waals surface area contributed by atoms with Gasteiger partial charge in [0.2, 0.25) is 0 Å². The third-order valence-corrected chi connectivity index (χ3v) is 0.790. The van der Waals surface area contributed by atoms with Gasteiger partial charge in [0.15, 0.2) is 0 Å². The van der Waals surface area contributed by atoms with Crippen LogP contribution in [0.5, 0.6) is 0 Å². The van der Waals surface area contributed by atoms with Gasteiger partial charge in [-0.3, -0.25) is 4.79 Å². The number of carbonyl (C=O) groups is 1. The third kappa shape index (κ3) is 7.26. The van der Waals surface area contributed by atoms with Crippen LogP contribution in [0, 0.1) is 0 Å². The van der Waals surface area contributed by atoms with E-state index < -0.39 is 12.6 Å². The van der Waals surface area contributed by atoms with E-state index in [9.17, 15) is 18.0 Å². The highest BCUT2D eigenvalue weighted by atomic mass is 19.4. The maximum absolute atomic E-state index is 11.3. The lowest BCUT2D eigenvalue weighted by atomic mass is 10.3. The van der Waals surface area contributed by atoms with Gasteiger partial charge in [0, 0.05) is 6.42 Å². The molecule has 0 N–H and O–H groups in total. The van der Waals surface area contributed by atoms with Gasteiger partial charge in [-0.2, -0.15) is 13.2 Å². The van der Waals surface area contributed by atoms with Crippen molar-refractivity contribution in [3.05, 3.63) is 0 Å². The lowest BCUT2D eigenvalue weighted by Gasteiger charge is -2.03. The molecule has 0 rings (SSSR count). The quantitative estimate of drug-likeness (QED) is 0.455. The molecular weight excluding hydrogens is 149 g/mol. The Bertz CT molecular complexity index is 99.6. The molecule has 10 heavy (non-hydrogen) atoms. The van der Waals surface area contributed by atoms with Crippen LogP contribution < -0.4 is 0 Å². The molecule has 0 aromatic carbocycles. The Balaban J connectivity index is 3.12. The normalized spacial score (nSPS) is 11.1. The van der Waals surface area contributed by atoms with Crippen LogP contribution in [0.2, 0.25) is 0 Å². The van der Waals surface area contributed by atoms with E-state index in [1.807, 2.05) is 0 Å². The van der Waals surface area contributed by atoms with E-state index in [0.29, 0.717) is 0 Å². The van der Waals surface area contributed by atoms with E-state index in [4.69, 9.17) is 0 Å². The summed E-state index contributed by atoms with van der Waals surface area (Å²) >= 11 is 0. The van der Waals surface area contributed by atoms with Crippen LogP contribution in [-0.2, 0) is 9.53 Å². The summed E-state index contributed by atoms with van der Waals surface area (Å²) in [6.07, 6.45) is -5.21. The van der Waals surface area contributed by atoms with Crippen LogP contribution in [0.15, 0.2) is 0 Å². The van der Waals surface area contributed by atoms with Crippen LogP contribution in [0.25, 0.3) is 0 Å². The van der Waals surface area contributed by atoms with Crippen molar-refractivity contribution >= 4 is 6.47 Å². The minimum atomic E-state index is -4.15. The smallest absolute Gasteiger partial charge is 0.389 e. The highest BCUT2D eigenvalue weighted by Gasteiger charge is 2.25. The van der Waals surface area contributed by atoms with Gasteiger partial charge in [-0.05, 0) is 6.42 Å². The molecule has 0 aromatic heterocycles. The van der Waals surface area contributed by atoms with Crippen LogP contribution in [0.1, 0.15) is 12.8 Å². The predicted molar refractivity (Wildman–Crippen MR) is 27.3 cm³/mol. The largest absolute Gasteiger partial charge is 0.468 e. The molecule has 0 fully saturated rings. The first-order valence-corrected chi connectivity index (χ1v) is 2.68. The number of ether oxygens (including phenoxy) is 1. The van der Waals surface area contributed by atoms with E-state index in [-0.39, 0.29) is 19.5 Å². The van der Waals surface area contributed by atoms with E-state index in [0.717, 1.165) is 0 Å². The van der Waals surface area contributed by atoms with Crippen molar-refractivity contribution < 1.29 is 22.7 Å². The van der Waals surface area contributed by atoms with Gasteiger partial charge < -0.3 is 4.74 Å². The van der Waals surface area contributed by atoms with Crippen molar-refractivity contribution in [2.24, 2.45) is 0 Å². The molecule has 0 saturated heterocycles. The van der Waals surface area contributed by atoms with Gasteiger partial charge in [0.1, 0.15) is 0 Å². The highest BCUT2D eigenvalue weighted by molar-refractivity contribution is 5.36. The highest BCUT2D eigenvalue weighted by Crippen LogP contribution is 2.20. The zero-order valence-electron chi connectivity index (χ0n) is 5.15. The summed E-state index contributed by atoms with van der Waals surface area (Å²) in [4.78, 5) is 9.43. The van der Waals surface area contributed by atoms with Crippen LogP contribution in [0.4, 0.5) is 13.2 Å². The molecule has 0 aromatic rings. The molecule has 0 heterocycles. The van der Waals surface area contributed by atoms with Gasteiger partial charge in [-0.15, -0.1) is 0 Å². The Kier molecular flexibility index (Phi) is 3.83. The van der Waals surface area contributed by atoms with E-state index in [1.54, 1.807) is 0 Å². The van der Waals surface area contributed by atoms with Crippen molar-refractivity contribution in [2.75, 3.05) is 6.61 Å². The molecule has 0 spiro atoms. The summed E-state index contributed by atoms with van der Waals surface area (Å²) in [6.45, 7) is -0.0284. The summed E-state index contributed by atoms with van der Waals surface area (Å²) in [5.41, 5.74) is 0. The van der Waals surface area contributed by atoms with Gasteiger partial charge >= 0.3 is 6.18 Å². The zero-order chi connectivity index (χ0) is 8.04. The maximum atomic E-state index is 11.3. The zero-order valence-corrected chi connectivity index (χ0v) is 5.15. The third-order valence-electron chi connectivity index (χ3n) is 0.790. The van der Waals surface area contributed by atoms with Gasteiger partial charge in [-0.1, -0.05) is 0 Å². The van der Waals surface area contributed by atoms with Crippen molar-refractivity contribution in [3.8, 4) is 0 Å². The summed E-state index contributed by atoms with van der Waals surface area (Å²) in [7, 11) is 0. The first-order chi connectivity index (χ1) is 4.56. The number of hydrogen-bond acceptors (Lipinski definition) is 2. The van der Waals surface area contributed by atoms with Crippen molar-refractivity contribution in [1.29, 1.82) is 0 Å². The molecule has 0 saturated carbocycles. The maximum Gasteiger partial charge on any atom is 0.389 e. The SMILES string of the molecule is O=COCCCC(F)(F)F. The second-order valence-corrected chi connectivity index (χ2v) is 1.69. The summed E-state index contributed by atoms with van der Waals surface area (Å²) < 4.78 is 38.1. The second-order valence-electron chi connectivity index (χ2n) is 1.69. The molecule has 0 aliphatic rings. The van der Waals surface area contributed by atoms with Crippen LogP contribution in [0.3, 0.4) is 0 Å². The standard InChI is InChI=1S/C5H7F3O2/c6-5(7,8)2-1-3-10-4-9/h4H,1-3H2. The number of carbonyl (C=O) groups excluding carboxylic acids is 1. The Labute approximate surface area is 56.0 Å². The fourth-order valence-electron chi connectivity index (χ4n) is 0.404. The second kappa shape index (κ2) is 4.14. The van der Waals surface area contributed by atoms with Gasteiger partial charge in [0.05, 0.1) is 6.61 Å². The number of hydrogen-bond donors (Lipinski definition) is 0. The van der Waals surface area contributed by atoms with Crippen LogP contribution in [-0.4, -0.2) is 19.3 Å². The first-order valence-electron chi connectivity index (χ1n) is 2.68. The molecule has 5 heteroatoms. The van der Waals surface area contributed by atoms with Crippen molar-refractivity contribution in [3.63, 3.8) is 0 Å². The molecule has 0 radical (unpaired) electrons. The van der Waals surface area contributed by atoms with E-state index >= 15 is 0 Å². The fourth-order valence-corrected chi connectivity index (χ4v) is 0.404. The lowest BCUT2D eigenvalue weighted by molar-refractivity contribution is -0.142. The molecule has 0 bridgehead atoms. The minimum Gasteiger partial charge on any atom is -0.468 e. The monoisotopic (exact) mass is 156 g/mol. The molecule has 2 nitrogen and oxygen atoms in total. The molecule has 0 atom stereocenters. The summed E-state index contributed by atoms with van der Waals surface area (Å²) in [5, 5.41) is 0. The van der Waals surface area contributed by atoms with Gasteiger partial charge in [0.25, 0.3) is 6.47 Å². The Morgan fingerprint density at radius 3 is 2.40 bits per heavy atom. The van der Waals surface area contributed by atoms with Gasteiger partial charge in [-0.25, -0.2) is 0 Å². The predicted octanol–water partition coefficient (Wildman–Crippen LogP) is 1.50. The number of alkyl halides is 3. The molecule has 60 valence electrons. The molecule has 0 amide bonds. The Morgan fingerprint density at radius 2 is 2.00 bits per heavy atom. The Hall–Kier alpha value is -0.740. The topological polar surface area (TPSA) is 26.3 Å². The van der Waals surface area contributed by atoms with Crippen LogP contribution >= 0.6 is 0 Å². The average Bonchev–Trinajstić information content (AvgIpc) is 1.78. The van der Waals surface area contributed by atoms with E-state index in [2.05, 4.69) is 4.74 Å². The summed E-state index contributed by atoms with van der Waals surface area (Å²) in [6, 6.07) is 0.